The highest BCUT2D eigenvalue weighted by molar-refractivity contribution is 6.86. The van der Waals surface area contributed by atoms with Gasteiger partial charge in [-0.15, -0.1) is 0 Å². The normalized spacial score (nSPS) is 15.2. The lowest BCUT2D eigenvalue weighted by atomic mass is 9.45. The maximum atomic E-state index is 2.37. The van der Waals surface area contributed by atoms with Gasteiger partial charge >= 0.3 is 41.1 Å². The van der Waals surface area contributed by atoms with Gasteiger partial charge in [0.25, 0.3) is 0 Å². The highest BCUT2D eigenvalue weighted by Gasteiger charge is 2.37. The van der Waals surface area contributed by atoms with Crippen LogP contribution >= 0.6 is 0 Å². The molecule has 12 heteroatoms. The molecule has 18 aromatic carbocycles. The Hall–Kier alpha value is -16.4. The Bertz CT molecular complexity index is 8340. The van der Waals surface area contributed by atoms with Gasteiger partial charge in [-0.3, -0.25) is 0 Å². The number of rotatable bonds is 0. The van der Waals surface area contributed by atoms with E-state index < -0.39 is 0 Å². The van der Waals surface area contributed by atoms with Gasteiger partial charge in [-0.1, -0.05) is 358 Å². The standard InChI is InChI=1S/6C20H14BN/c1-3-7-17-15(5-1)9-10-19-18(17)12-14-22-20-8-4-2-6-16(20)11-13-21(19)22;1-3-7-17-15(5-1)9-10-20-18(17)12-14-22-13-11-16-6-2-4-8-19(16)21(20)22;1-2-9-17-15(7-1)16-8-3-4-10-18(16)20-19(17)11-14-22-13-6-5-12-21(20)22;1-2-6-17-15(5-1)7-8-16-9-10-19-18(20(16)17)11-14-22-13-4-3-12-21(19)22;1-2-6-16-15(5-1)7-8-18-17(16)9-10-20-19(18)11-14-22-13-4-3-12-21(20)22;1-2-6-16-14-19-17(13-15(16)5-1)7-8-20-18(19)9-12-22-11-4-3-10-21(20)22/h6*1-14H. The zero-order valence-electron chi connectivity index (χ0n) is 72.6. The van der Waals surface area contributed by atoms with Crippen molar-refractivity contribution in [2.24, 2.45) is 0 Å². The third-order valence-corrected chi connectivity index (χ3v) is 28.2. The molecule has 6 nitrogen and oxygen atoms in total. The fourth-order valence-corrected chi connectivity index (χ4v) is 22.0. The van der Waals surface area contributed by atoms with Crippen LogP contribution in [0.2, 0.25) is 0 Å². The van der Waals surface area contributed by atoms with E-state index >= 15 is 0 Å². The maximum Gasteiger partial charge on any atom is 0.328 e. The first-order valence-electron chi connectivity index (χ1n) is 46.0. The van der Waals surface area contributed by atoms with Crippen molar-refractivity contribution in [3.8, 4) is 0 Å². The van der Waals surface area contributed by atoms with E-state index in [9.17, 15) is 0 Å². The lowest BCUT2D eigenvalue weighted by Crippen LogP contribution is -2.56. The molecular formula is C120H84B6N6. The lowest BCUT2D eigenvalue weighted by molar-refractivity contribution is 0.797. The van der Waals surface area contributed by atoms with Crippen LogP contribution in [0.1, 0.15) is 44.5 Å². The molecule has 12 aliphatic heterocycles. The number of anilines is 1. The van der Waals surface area contributed by atoms with Crippen LogP contribution in [0, 0.1) is 0 Å². The van der Waals surface area contributed by atoms with Crippen LogP contribution in [0.5, 0.6) is 0 Å². The molecule has 12 aliphatic rings. The molecule has 30 rings (SSSR count). The van der Waals surface area contributed by atoms with Gasteiger partial charge in [0.1, 0.15) is 0 Å². The number of benzene rings is 18. The van der Waals surface area contributed by atoms with Gasteiger partial charge in [-0.05, 0) is 344 Å². The van der Waals surface area contributed by atoms with Crippen LogP contribution in [0.15, 0.2) is 462 Å². The number of hydrogen-bond donors (Lipinski definition) is 0. The van der Waals surface area contributed by atoms with Gasteiger partial charge in [-0.2, -0.15) is 0 Å². The molecule has 12 heterocycles. The second kappa shape index (κ2) is 33.0. The number of para-hydroxylation sites is 1. The first kappa shape index (κ1) is 77.9. The van der Waals surface area contributed by atoms with E-state index in [0.29, 0.717) is 34.2 Å². The Kier molecular flexibility index (Phi) is 19.5. The minimum absolute atomic E-state index is 0.283. The fraction of sp³-hybridized carbons (Fsp3) is 0. The van der Waals surface area contributed by atoms with Crippen LogP contribution in [-0.2, 0) is 0 Å². The molecule has 0 fully saturated rings. The second-order valence-corrected chi connectivity index (χ2v) is 35.3. The van der Waals surface area contributed by atoms with E-state index in [1.807, 2.05) is 0 Å². The highest BCUT2D eigenvalue weighted by Crippen LogP contribution is 2.39. The third-order valence-electron chi connectivity index (χ3n) is 28.2. The van der Waals surface area contributed by atoms with Crippen molar-refractivity contribution >= 4 is 241 Å². The molecule has 612 valence electrons. The predicted octanol–water partition coefficient (Wildman–Crippen LogP) is 23.7. The van der Waals surface area contributed by atoms with E-state index in [1.54, 1.807) is 0 Å². The molecule has 0 bridgehead atoms. The van der Waals surface area contributed by atoms with Gasteiger partial charge < -0.3 is 28.9 Å². The third kappa shape index (κ3) is 13.6. The second-order valence-electron chi connectivity index (χ2n) is 35.3. The zero-order valence-corrected chi connectivity index (χ0v) is 72.6. The van der Waals surface area contributed by atoms with E-state index in [2.05, 4.69) is 540 Å². The molecule has 0 radical (unpaired) electrons. The summed E-state index contributed by atoms with van der Waals surface area (Å²) in [6.07, 6.45) is 58.7. The Morgan fingerprint density at radius 3 is 1.21 bits per heavy atom. The van der Waals surface area contributed by atoms with Crippen LogP contribution in [0.3, 0.4) is 0 Å². The summed E-state index contributed by atoms with van der Waals surface area (Å²) in [5.41, 5.74) is 21.7. The summed E-state index contributed by atoms with van der Waals surface area (Å²) in [7, 11) is 0. The summed E-state index contributed by atoms with van der Waals surface area (Å²) in [5.74, 6) is 11.4. The molecule has 0 N–H and O–H groups in total. The zero-order chi connectivity index (χ0) is 87.1. The molecular weight excluding hydrogens is 1590 g/mol. The lowest BCUT2D eigenvalue weighted by Gasteiger charge is -2.35. The summed E-state index contributed by atoms with van der Waals surface area (Å²) in [5, 5.41) is 26.6. The van der Waals surface area contributed by atoms with Gasteiger partial charge in [0.2, 0.25) is 0 Å². The topological polar surface area (TPSA) is 19.4 Å². The minimum Gasteiger partial charge on any atom is -0.389 e. The van der Waals surface area contributed by atoms with Gasteiger partial charge in [-0.25, -0.2) is 0 Å². The molecule has 0 saturated carbocycles. The quantitative estimate of drug-likeness (QED) is 0.0850. The number of allylic oxidation sites excluding steroid dienone is 8. The summed E-state index contributed by atoms with van der Waals surface area (Å²) in [6.45, 7) is 1.82. The van der Waals surface area contributed by atoms with Crippen LogP contribution in [-0.4, -0.2) is 65.1 Å². The average Bonchev–Trinajstić information content (AvgIpc) is 0.711. The molecule has 132 heavy (non-hydrogen) atoms. The molecule has 0 atom stereocenters. The molecule has 0 saturated heterocycles. The number of fused-ring (bicyclic) bond motifs is 42. The first-order chi connectivity index (χ1) is 65.5. The summed E-state index contributed by atoms with van der Waals surface area (Å²) in [6, 6.07) is 114. The maximum absolute atomic E-state index is 2.37. The van der Waals surface area contributed by atoms with Gasteiger partial charge in [0.05, 0.1) is 0 Å². The summed E-state index contributed by atoms with van der Waals surface area (Å²) >= 11 is 0. The van der Waals surface area contributed by atoms with E-state index in [-0.39, 0.29) is 6.85 Å². The number of hydrogen-bond acceptors (Lipinski definition) is 6. The van der Waals surface area contributed by atoms with Gasteiger partial charge in [0.15, 0.2) is 0 Å². The SMILES string of the molecule is C1=CB2c3c(c4ccccc4c4ccccc34)C=CN2C=C1.C1=CB2c3ccc4c(ccc5ccccc54)c3C=CN2C=C1.C1=CB2c3ccc4cc5ccccc5cc4c3C=CN2C=C1.C1=CB2c3ccc4ccc5ccccc5c4c3C=CN2C=C1.C1=CN2C=Cc3c(ccc4ccccc34)B2c2ccccc21.C1=Cc2ccccc2N2C=Cc3c(ccc4ccccc34)B12. The summed E-state index contributed by atoms with van der Waals surface area (Å²) in [4.78, 5) is 13.7. The van der Waals surface area contributed by atoms with Crippen molar-refractivity contribution in [3.05, 3.63) is 507 Å². The fourth-order valence-electron chi connectivity index (χ4n) is 22.0. The molecule has 18 aromatic rings. The molecule has 0 unspecified atom stereocenters. The van der Waals surface area contributed by atoms with E-state index in [4.69, 9.17) is 0 Å². The predicted molar refractivity (Wildman–Crippen MR) is 576 cm³/mol. The molecule has 0 spiro atoms. The van der Waals surface area contributed by atoms with Crippen molar-refractivity contribution in [2.45, 2.75) is 0 Å². The number of nitrogens with zero attached hydrogens (tertiary/aromatic N) is 6. The highest BCUT2D eigenvalue weighted by atomic mass is 15.1. The van der Waals surface area contributed by atoms with Crippen molar-refractivity contribution in [1.82, 2.24) is 24.1 Å². The average molecular weight is 1670 g/mol. The Morgan fingerprint density at radius 1 is 0.174 bits per heavy atom. The molecule has 0 aliphatic carbocycles. The van der Waals surface area contributed by atoms with Crippen molar-refractivity contribution < 1.29 is 0 Å². The molecule has 0 amide bonds. The smallest absolute Gasteiger partial charge is 0.328 e. The Labute approximate surface area is 771 Å². The van der Waals surface area contributed by atoms with Crippen LogP contribution in [0.4, 0.5) is 5.69 Å². The van der Waals surface area contributed by atoms with E-state index in [1.165, 1.54) is 196 Å². The largest absolute Gasteiger partial charge is 0.389 e. The van der Waals surface area contributed by atoms with Crippen LogP contribution < -0.4 is 43.1 Å². The first-order valence-corrected chi connectivity index (χ1v) is 46.0. The van der Waals surface area contributed by atoms with Crippen molar-refractivity contribution in [3.63, 3.8) is 0 Å². The molecule has 0 aromatic heterocycles. The van der Waals surface area contributed by atoms with Crippen molar-refractivity contribution in [1.29, 1.82) is 0 Å². The Morgan fingerprint density at radius 2 is 0.553 bits per heavy atom. The van der Waals surface area contributed by atoms with E-state index in [0.717, 1.165) is 0 Å². The van der Waals surface area contributed by atoms with Crippen LogP contribution in [0.25, 0.3) is 156 Å². The van der Waals surface area contributed by atoms with Crippen molar-refractivity contribution in [2.75, 3.05) is 4.81 Å². The van der Waals surface area contributed by atoms with Gasteiger partial charge in [0, 0.05) is 5.69 Å². The Balaban J connectivity index is 0.0000000851. The minimum atomic E-state index is 0.283. The summed E-state index contributed by atoms with van der Waals surface area (Å²) < 4.78 is 0. The monoisotopic (exact) mass is 1670 g/mol.